The van der Waals surface area contributed by atoms with Crippen LogP contribution in [0.15, 0.2) is 71.9 Å². The Morgan fingerprint density at radius 2 is 1.75 bits per heavy atom. The van der Waals surface area contributed by atoms with E-state index >= 15 is 0 Å². The summed E-state index contributed by atoms with van der Waals surface area (Å²) in [5.74, 6) is -0.0198. The minimum Gasteiger partial charge on any atom is -0.480 e. The fourth-order valence-electron chi connectivity index (χ4n) is 3.72. The van der Waals surface area contributed by atoms with Crippen molar-refractivity contribution in [1.29, 1.82) is 0 Å². The highest BCUT2D eigenvalue weighted by Gasteiger charge is 2.20. The minimum atomic E-state index is -3.87. The van der Waals surface area contributed by atoms with E-state index in [1.165, 1.54) is 24.1 Å². The van der Waals surface area contributed by atoms with Crippen LogP contribution in [0.3, 0.4) is 0 Å². The van der Waals surface area contributed by atoms with E-state index in [0.29, 0.717) is 27.8 Å². The third-order valence-corrected chi connectivity index (χ3v) is 6.88. The van der Waals surface area contributed by atoms with E-state index in [1.807, 2.05) is 12.1 Å². The van der Waals surface area contributed by atoms with E-state index in [4.69, 9.17) is 4.74 Å². The molecule has 0 saturated heterocycles. The first-order valence-electron chi connectivity index (χ1n) is 10.8. The van der Waals surface area contributed by atoms with Crippen molar-refractivity contribution in [2.24, 2.45) is 0 Å². The second kappa shape index (κ2) is 8.89. The van der Waals surface area contributed by atoms with Crippen LogP contribution in [0.2, 0.25) is 0 Å². The maximum Gasteiger partial charge on any atom is 0.291 e. The largest absolute Gasteiger partial charge is 0.480 e. The lowest BCUT2D eigenvalue weighted by molar-refractivity contribution is 0.0815. The lowest BCUT2D eigenvalue weighted by Crippen LogP contribution is -2.24. The topological polar surface area (TPSA) is 132 Å². The van der Waals surface area contributed by atoms with Crippen LogP contribution in [0.25, 0.3) is 27.8 Å². The first kappa shape index (κ1) is 23.2. The number of methoxy groups -OCH3 is 1. The van der Waals surface area contributed by atoms with Crippen LogP contribution in [0.5, 0.6) is 5.88 Å². The Kier molecular flexibility index (Phi) is 5.72. The molecule has 0 aliphatic carbocycles. The van der Waals surface area contributed by atoms with Gasteiger partial charge in [-0.2, -0.15) is 0 Å². The number of nitrogens with one attached hydrogen (secondary N) is 1. The number of carbonyl (C=O) groups is 1. The van der Waals surface area contributed by atoms with E-state index in [0.717, 1.165) is 0 Å². The second-order valence-corrected chi connectivity index (χ2v) is 9.76. The van der Waals surface area contributed by atoms with Gasteiger partial charge in [0.15, 0.2) is 5.65 Å². The molecule has 5 aromatic rings. The summed E-state index contributed by atoms with van der Waals surface area (Å²) in [5, 5.41) is 8.13. The quantitative estimate of drug-likeness (QED) is 0.374. The zero-order chi connectivity index (χ0) is 25.4. The number of ether oxygens (including phenoxy) is 1. The fraction of sp³-hybridized carbons (Fsp3) is 0.125. The minimum absolute atomic E-state index is 0.113. The Balaban J connectivity index is 1.62. The van der Waals surface area contributed by atoms with Crippen LogP contribution >= 0.6 is 0 Å². The van der Waals surface area contributed by atoms with E-state index in [9.17, 15) is 13.2 Å². The first-order chi connectivity index (χ1) is 17.3. The predicted molar refractivity (Wildman–Crippen MR) is 133 cm³/mol. The lowest BCUT2D eigenvalue weighted by Gasteiger charge is -2.13. The molecule has 0 saturated carbocycles. The number of pyridine rings is 1. The summed E-state index contributed by atoms with van der Waals surface area (Å²) in [7, 11) is 0.822. The number of hydrogen-bond donors (Lipinski definition) is 1. The summed E-state index contributed by atoms with van der Waals surface area (Å²) in [4.78, 5) is 22.9. The highest BCUT2D eigenvalue weighted by molar-refractivity contribution is 7.92. The molecule has 1 N–H and O–H groups in total. The molecule has 0 fully saturated rings. The summed E-state index contributed by atoms with van der Waals surface area (Å²) >= 11 is 0. The van der Waals surface area contributed by atoms with Crippen molar-refractivity contribution in [2.45, 2.75) is 4.90 Å². The summed E-state index contributed by atoms with van der Waals surface area (Å²) < 4.78 is 35.3. The van der Waals surface area contributed by atoms with Crippen molar-refractivity contribution in [3.05, 3.63) is 72.8 Å². The molecule has 0 bridgehead atoms. The lowest BCUT2D eigenvalue weighted by atomic mass is 10.1. The number of amides is 1. The van der Waals surface area contributed by atoms with Crippen molar-refractivity contribution in [2.75, 3.05) is 25.9 Å². The van der Waals surface area contributed by atoms with E-state index in [1.54, 1.807) is 61.2 Å². The molecule has 1 amide bonds. The molecule has 0 radical (unpaired) electrons. The number of benzene rings is 2. The van der Waals surface area contributed by atoms with Crippen molar-refractivity contribution in [3.8, 4) is 17.0 Å². The molecule has 0 unspecified atom stereocenters. The van der Waals surface area contributed by atoms with Gasteiger partial charge in [-0.05, 0) is 35.9 Å². The number of rotatable bonds is 6. The number of sulfonamides is 1. The van der Waals surface area contributed by atoms with Crippen molar-refractivity contribution < 1.29 is 17.9 Å². The van der Waals surface area contributed by atoms with Crippen LogP contribution in [0, 0.1) is 0 Å². The molecule has 5 rings (SSSR count). The number of hydrogen-bond acceptors (Lipinski definition) is 8. The van der Waals surface area contributed by atoms with Crippen LogP contribution in [-0.4, -0.2) is 65.0 Å². The van der Waals surface area contributed by atoms with Gasteiger partial charge < -0.3 is 9.64 Å². The Morgan fingerprint density at radius 1 is 0.972 bits per heavy atom. The molecule has 0 spiro atoms. The van der Waals surface area contributed by atoms with Gasteiger partial charge in [-0.25, -0.2) is 13.4 Å². The third kappa shape index (κ3) is 4.07. The summed E-state index contributed by atoms with van der Waals surface area (Å²) in [6.45, 7) is 0. The number of aromatic nitrogens is 5. The molecular formula is C24H21N7O4S. The number of fused-ring (bicyclic) bond motifs is 3. The molecular weight excluding hydrogens is 482 g/mol. The van der Waals surface area contributed by atoms with E-state index < -0.39 is 10.0 Å². The maximum atomic E-state index is 12.9. The van der Waals surface area contributed by atoms with Gasteiger partial charge in [0.2, 0.25) is 11.7 Å². The van der Waals surface area contributed by atoms with Crippen molar-refractivity contribution >= 4 is 38.3 Å². The van der Waals surface area contributed by atoms with Gasteiger partial charge in [0.05, 0.1) is 29.2 Å². The third-order valence-electron chi connectivity index (χ3n) is 5.50. The normalized spacial score (nSPS) is 11.5. The average molecular weight is 504 g/mol. The van der Waals surface area contributed by atoms with Gasteiger partial charge in [0.25, 0.3) is 15.9 Å². The van der Waals surface area contributed by atoms with Crippen LogP contribution in [0.4, 0.5) is 5.69 Å². The Labute approximate surface area is 206 Å². The Hall–Kier alpha value is -4.58. The number of carbonyl (C=O) groups excluding carboxylic acids is 1. The van der Waals surface area contributed by atoms with Gasteiger partial charge in [-0.15, -0.1) is 10.2 Å². The highest BCUT2D eigenvalue weighted by Crippen LogP contribution is 2.31. The van der Waals surface area contributed by atoms with Crippen LogP contribution in [0.1, 0.15) is 10.6 Å². The van der Waals surface area contributed by atoms with Gasteiger partial charge in [0, 0.05) is 25.9 Å². The molecule has 11 nitrogen and oxygen atoms in total. The average Bonchev–Trinajstić information content (AvgIpc) is 3.33. The fourth-order valence-corrected chi connectivity index (χ4v) is 4.79. The summed E-state index contributed by atoms with van der Waals surface area (Å²) in [5.41, 5.74) is 3.18. The molecule has 3 heterocycles. The molecule has 0 aliphatic heterocycles. The van der Waals surface area contributed by atoms with Crippen LogP contribution < -0.4 is 9.46 Å². The standard InChI is InChI=1S/C24H21N7O4S/c1-30(2)24(32)22-28-27-21-14-25-18-10-9-15(12-20(18)31(21)22)16-11-19(23(35-3)26-13-16)29-36(33,34)17-7-5-4-6-8-17/h4-14,29H,1-3H3. The van der Waals surface area contributed by atoms with Gasteiger partial charge in [0.1, 0.15) is 5.69 Å². The zero-order valence-electron chi connectivity index (χ0n) is 19.6. The Morgan fingerprint density at radius 3 is 2.47 bits per heavy atom. The molecule has 182 valence electrons. The second-order valence-electron chi connectivity index (χ2n) is 8.08. The van der Waals surface area contributed by atoms with Gasteiger partial charge in [-0.3, -0.25) is 18.9 Å². The van der Waals surface area contributed by atoms with Crippen molar-refractivity contribution in [1.82, 2.24) is 29.5 Å². The molecule has 2 aromatic carbocycles. The predicted octanol–water partition coefficient (Wildman–Crippen LogP) is 2.85. The number of nitrogens with zero attached hydrogens (tertiary/aromatic N) is 6. The SMILES string of the molecule is COc1ncc(-c2ccc3ncc4nnc(C(=O)N(C)C)n4c3c2)cc1NS(=O)(=O)c1ccccc1. The van der Waals surface area contributed by atoms with Crippen LogP contribution in [-0.2, 0) is 10.0 Å². The summed E-state index contributed by atoms with van der Waals surface area (Å²) in [6, 6.07) is 15.1. The molecule has 12 heteroatoms. The molecule has 0 atom stereocenters. The van der Waals surface area contributed by atoms with E-state index in [-0.39, 0.29) is 28.2 Å². The molecule has 0 aliphatic rings. The number of anilines is 1. The zero-order valence-corrected chi connectivity index (χ0v) is 20.4. The Bertz CT molecular complexity index is 1720. The van der Waals surface area contributed by atoms with E-state index in [2.05, 4.69) is 24.9 Å². The van der Waals surface area contributed by atoms with Gasteiger partial charge >= 0.3 is 0 Å². The molecule has 36 heavy (non-hydrogen) atoms. The summed E-state index contributed by atoms with van der Waals surface area (Å²) in [6.07, 6.45) is 3.12. The maximum absolute atomic E-state index is 12.9. The monoisotopic (exact) mass is 503 g/mol. The first-order valence-corrected chi connectivity index (χ1v) is 12.2. The van der Waals surface area contributed by atoms with Gasteiger partial charge in [-0.1, -0.05) is 24.3 Å². The van der Waals surface area contributed by atoms with Crippen molar-refractivity contribution in [3.63, 3.8) is 0 Å². The smallest absolute Gasteiger partial charge is 0.291 e. The highest BCUT2D eigenvalue weighted by atomic mass is 32.2. The molecule has 3 aromatic heterocycles.